The predicted octanol–water partition coefficient (Wildman–Crippen LogP) is 2.85. The van der Waals surface area contributed by atoms with Gasteiger partial charge in [0.05, 0.1) is 0 Å². The number of halogens is 1. The Labute approximate surface area is 81.3 Å². The van der Waals surface area contributed by atoms with Gasteiger partial charge < -0.3 is 0 Å². The van der Waals surface area contributed by atoms with Gasteiger partial charge in [-0.3, -0.25) is 4.90 Å². The van der Waals surface area contributed by atoms with Crippen molar-refractivity contribution >= 4 is 0 Å². The molecule has 0 aliphatic carbocycles. The Bertz CT molecular complexity index is 152. The second kappa shape index (κ2) is 3.95. The summed E-state index contributed by atoms with van der Waals surface area (Å²) >= 11 is 0. The molecule has 0 bridgehead atoms. The molecule has 0 spiro atoms. The molecule has 0 saturated carbocycles. The Morgan fingerprint density at radius 1 is 1.23 bits per heavy atom. The van der Waals surface area contributed by atoms with E-state index in [-0.39, 0.29) is 5.54 Å². The van der Waals surface area contributed by atoms with Gasteiger partial charge in [-0.2, -0.15) is 0 Å². The largest absolute Gasteiger partial charge is 0.298 e. The molecule has 78 valence electrons. The number of hydrogen-bond acceptors (Lipinski definition) is 1. The quantitative estimate of drug-likeness (QED) is 0.610. The van der Waals surface area contributed by atoms with Gasteiger partial charge in [-0.1, -0.05) is 0 Å². The minimum atomic E-state index is -0.623. The molecule has 0 aromatic rings. The van der Waals surface area contributed by atoms with Gasteiger partial charge in [-0.05, 0) is 59.5 Å². The summed E-state index contributed by atoms with van der Waals surface area (Å²) in [5.74, 6) is 0.304. The summed E-state index contributed by atoms with van der Waals surface area (Å²) in [5, 5.41) is 0. The van der Waals surface area contributed by atoms with E-state index in [4.69, 9.17) is 0 Å². The fraction of sp³-hybridized carbons (Fsp3) is 1.00. The van der Waals surface area contributed by atoms with Gasteiger partial charge in [0.2, 0.25) is 0 Å². The lowest BCUT2D eigenvalue weighted by molar-refractivity contribution is 0.0643. The highest BCUT2D eigenvalue weighted by molar-refractivity contribution is 4.83. The van der Waals surface area contributed by atoms with Crippen molar-refractivity contribution in [1.82, 2.24) is 4.90 Å². The van der Waals surface area contributed by atoms with E-state index >= 15 is 0 Å². The zero-order valence-electron chi connectivity index (χ0n) is 9.31. The van der Waals surface area contributed by atoms with Crippen molar-refractivity contribution in [3.05, 3.63) is 0 Å². The lowest BCUT2D eigenvalue weighted by Crippen LogP contribution is -2.47. The van der Waals surface area contributed by atoms with Gasteiger partial charge in [0.25, 0.3) is 0 Å². The number of piperidine rings is 1. The molecule has 1 rings (SSSR count). The molecule has 0 N–H and O–H groups in total. The molecule has 1 saturated heterocycles. The minimum absolute atomic E-state index is 0.254. The molecule has 1 unspecified atom stereocenters. The summed E-state index contributed by atoms with van der Waals surface area (Å²) < 4.78 is 13.0. The normalized spacial score (nSPS) is 24.7. The summed E-state index contributed by atoms with van der Waals surface area (Å²) in [6.45, 7) is 10.5. The van der Waals surface area contributed by atoms with Crippen LogP contribution in [0.4, 0.5) is 4.39 Å². The van der Waals surface area contributed by atoms with Crippen LogP contribution in [0.2, 0.25) is 0 Å². The van der Waals surface area contributed by atoms with Crippen LogP contribution in [0.3, 0.4) is 0 Å². The van der Waals surface area contributed by atoms with Crippen LogP contribution >= 0.6 is 0 Å². The maximum absolute atomic E-state index is 13.0. The average Bonchev–Trinajstić information content (AvgIpc) is 2.03. The second-order valence-electron chi connectivity index (χ2n) is 5.17. The van der Waals surface area contributed by atoms with Crippen molar-refractivity contribution in [1.29, 1.82) is 0 Å². The first-order valence-corrected chi connectivity index (χ1v) is 5.30. The van der Waals surface area contributed by atoms with Crippen molar-refractivity contribution in [3.8, 4) is 0 Å². The van der Waals surface area contributed by atoms with E-state index in [0.717, 1.165) is 25.9 Å². The number of nitrogens with zero attached hydrogens (tertiary/aromatic N) is 1. The highest BCUT2D eigenvalue weighted by atomic mass is 19.1. The van der Waals surface area contributed by atoms with Crippen molar-refractivity contribution < 1.29 is 4.39 Å². The third kappa shape index (κ3) is 2.94. The molecule has 1 aliphatic heterocycles. The van der Waals surface area contributed by atoms with E-state index in [1.165, 1.54) is 0 Å². The first kappa shape index (κ1) is 11.0. The van der Waals surface area contributed by atoms with Crippen molar-refractivity contribution in [2.24, 2.45) is 5.92 Å². The maximum atomic E-state index is 13.0. The van der Waals surface area contributed by atoms with Gasteiger partial charge in [-0.25, -0.2) is 4.39 Å². The molecule has 0 radical (unpaired) electrons. The van der Waals surface area contributed by atoms with Crippen LogP contribution in [0.25, 0.3) is 0 Å². The molecule has 1 fully saturated rings. The predicted molar refractivity (Wildman–Crippen MR) is 54.6 cm³/mol. The molecule has 1 heterocycles. The number of hydrogen-bond donors (Lipinski definition) is 0. The van der Waals surface area contributed by atoms with E-state index < -0.39 is 6.17 Å². The molecule has 1 nitrogen and oxygen atoms in total. The van der Waals surface area contributed by atoms with E-state index in [1.807, 2.05) is 0 Å². The SMILES string of the molecule is CC(F)C1CCN(C(C)(C)C)CC1. The Hall–Kier alpha value is -0.110. The average molecular weight is 187 g/mol. The highest BCUT2D eigenvalue weighted by Crippen LogP contribution is 2.26. The third-order valence-corrected chi connectivity index (χ3v) is 3.14. The first-order chi connectivity index (χ1) is 5.91. The number of likely N-dealkylation sites (tertiary alicyclic amines) is 1. The fourth-order valence-corrected chi connectivity index (χ4v) is 2.03. The van der Waals surface area contributed by atoms with Crippen LogP contribution in [0.5, 0.6) is 0 Å². The van der Waals surface area contributed by atoms with Crippen molar-refractivity contribution in [2.75, 3.05) is 13.1 Å². The Kier molecular flexibility index (Phi) is 3.33. The highest BCUT2D eigenvalue weighted by Gasteiger charge is 2.28. The minimum Gasteiger partial charge on any atom is -0.298 e. The Balaban J connectivity index is 2.39. The van der Waals surface area contributed by atoms with Crippen molar-refractivity contribution in [2.45, 2.75) is 52.2 Å². The van der Waals surface area contributed by atoms with Crippen LogP contribution in [-0.2, 0) is 0 Å². The van der Waals surface area contributed by atoms with Crippen LogP contribution in [0, 0.1) is 5.92 Å². The van der Waals surface area contributed by atoms with Gasteiger partial charge in [0.1, 0.15) is 6.17 Å². The van der Waals surface area contributed by atoms with Gasteiger partial charge in [-0.15, -0.1) is 0 Å². The standard InChI is InChI=1S/C11H22FN/c1-9(12)10-5-7-13(8-6-10)11(2,3)4/h9-10H,5-8H2,1-4H3. The number of alkyl halides is 1. The monoisotopic (exact) mass is 187 g/mol. The van der Waals surface area contributed by atoms with Gasteiger partial charge >= 0.3 is 0 Å². The molecular weight excluding hydrogens is 165 g/mol. The summed E-state index contributed by atoms with van der Waals surface area (Å²) in [5.41, 5.74) is 0.254. The summed E-state index contributed by atoms with van der Waals surface area (Å²) in [7, 11) is 0. The first-order valence-electron chi connectivity index (χ1n) is 5.30. The second-order valence-corrected chi connectivity index (χ2v) is 5.17. The Morgan fingerprint density at radius 2 is 1.69 bits per heavy atom. The molecule has 0 amide bonds. The van der Waals surface area contributed by atoms with E-state index in [0.29, 0.717) is 5.92 Å². The number of rotatable bonds is 1. The summed E-state index contributed by atoms with van der Waals surface area (Å²) in [4.78, 5) is 2.45. The topological polar surface area (TPSA) is 3.24 Å². The van der Waals surface area contributed by atoms with Crippen molar-refractivity contribution in [3.63, 3.8) is 0 Å². The zero-order chi connectivity index (χ0) is 10.1. The van der Waals surface area contributed by atoms with E-state index in [9.17, 15) is 4.39 Å². The summed E-state index contributed by atoms with van der Waals surface area (Å²) in [6.07, 6.45) is 1.42. The third-order valence-electron chi connectivity index (χ3n) is 3.14. The smallest absolute Gasteiger partial charge is 0.100 e. The molecule has 0 aromatic carbocycles. The summed E-state index contributed by atoms with van der Waals surface area (Å²) in [6, 6.07) is 0. The van der Waals surface area contributed by atoms with Crippen LogP contribution in [-0.4, -0.2) is 29.7 Å². The van der Waals surface area contributed by atoms with Crippen LogP contribution in [0.1, 0.15) is 40.5 Å². The molecule has 0 aromatic heterocycles. The lowest BCUT2D eigenvalue weighted by Gasteiger charge is -2.41. The molecular formula is C11H22FN. The lowest BCUT2D eigenvalue weighted by atomic mass is 9.90. The van der Waals surface area contributed by atoms with Crippen LogP contribution < -0.4 is 0 Å². The van der Waals surface area contributed by atoms with Gasteiger partial charge in [0.15, 0.2) is 0 Å². The Morgan fingerprint density at radius 3 is 2.00 bits per heavy atom. The van der Waals surface area contributed by atoms with Gasteiger partial charge in [0, 0.05) is 5.54 Å². The fourth-order valence-electron chi connectivity index (χ4n) is 2.03. The van der Waals surface area contributed by atoms with E-state index in [1.54, 1.807) is 6.92 Å². The zero-order valence-corrected chi connectivity index (χ0v) is 9.31. The molecule has 2 heteroatoms. The molecule has 13 heavy (non-hydrogen) atoms. The molecule has 1 atom stereocenters. The van der Waals surface area contributed by atoms with Crippen LogP contribution in [0.15, 0.2) is 0 Å². The van der Waals surface area contributed by atoms with E-state index in [2.05, 4.69) is 25.7 Å². The molecule has 1 aliphatic rings. The maximum Gasteiger partial charge on any atom is 0.100 e.